The van der Waals surface area contributed by atoms with Crippen molar-refractivity contribution >= 4 is 11.8 Å². The Morgan fingerprint density at radius 2 is 1.54 bits per heavy atom. The minimum absolute atomic E-state index is 0.196. The number of hydrogen-bond acceptors (Lipinski definition) is 2. The molecule has 0 saturated carbocycles. The van der Waals surface area contributed by atoms with Gasteiger partial charge in [-0.05, 0) is 27.7 Å². The van der Waals surface area contributed by atoms with Gasteiger partial charge in [-0.15, -0.1) is 0 Å². The normalized spacial score (nSPS) is 19.1. The van der Waals surface area contributed by atoms with Gasteiger partial charge in [0.15, 0.2) is 0 Å². The van der Waals surface area contributed by atoms with Crippen LogP contribution in [-0.4, -0.2) is 16.7 Å². The topological polar surface area (TPSA) is 37.4 Å². The van der Waals surface area contributed by atoms with Gasteiger partial charge in [0.2, 0.25) is 0 Å². The second-order valence-corrected chi connectivity index (χ2v) is 3.13. The number of imide groups is 1. The van der Waals surface area contributed by atoms with Crippen LogP contribution >= 0.6 is 0 Å². The fourth-order valence-electron chi connectivity index (χ4n) is 1.20. The van der Waals surface area contributed by atoms with Crippen LogP contribution < -0.4 is 0 Å². The minimum atomic E-state index is -0.196. The highest BCUT2D eigenvalue weighted by Crippen LogP contribution is 2.23. The Labute approximate surface area is 77.7 Å². The first kappa shape index (κ1) is 9.71. The molecule has 0 fully saturated rings. The number of allylic oxidation sites excluding steroid dienone is 2. The van der Waals surface area contributed by atoms with Gasteiger partial charge in [0.1, 0.15) is 0 Å². The molecule has 0 atom stereocenters. The second kappa shape index (κ2) is 3.17. The van der Waals surface area contributed by atoms with E-state index in [1.165, 1.54) is 4.90 Å². The first-order valence-corrected chi connectivity index (χ1v) is 4.20. The van der Waals surface area contributed by atoms with Crippen molar-refractivity contribution in [3.05, 3.63) is 22.9 Å². The van der Waals surface area contributed by atoms with Gasteiger partial charge < -0.3 is 0 Å². The third kappa shape index (κ3) is 1.30. The van der Waals surface area contributed by atoms with E-state index in [-0.39, 0.29) is 11.8 Å². The molecule has 0 aliphatic carbocycles. The molecule has 0 aromatic heterocycles. The Kier molecular flexibility index (Phi) is 2.36. The Morgan fingerprint density at radius 1 is 1.15 bits per heavy atom. The summed E-state index contributed by atoms with van der Waals surface area (Å²) in [5.74, 6) is -0.392. The van der Waals surface area contributed by atoms with Crippen molar-refractivity contribution in [2.75, 3.05) is 0 Å². The molecule has 13 heavy (non-hydrogen) atoms. The Bertz CT molecular complexity index is 313. The van der Waals surface area contributed by atoms with E-state index in [2.05, 4.69) is 0 Å². The lowest BCUT2D eigenvalue weighted by molar-refractivity contribution is -0.135. The molecule has 3 nitrogen and oxygen atoms in total. The monoisotopic (exact) mass is 179 g/mol. The van der Waals surface area contributed by atoms with Crippen LogP contribution in [0.15, 0.2) is 22.9 Å². The number of amides is 2. The van der Waals surface area contributed by atoms with Gasteiger partial charge >= 0.3 is 0 Å². The molecule has 0 aromatic carbocycles. The van der Waals surface area contributed by atoms with Gasteiger partial charge in [-0.25, -0.2) is 4.90 Å². The van der Waals surface area contributed by atoms with Crippen molar-refractivity contribution in [3.63, 3.8) is 0 Å². The van der Waals surface area contributed by atoms with Gasteiger partial charge in [-0.1, -0.05) is 6.08 Å². The van der Waals surface area contributed by atoms with Crippen molar-refractivity contribution < 1.29 is 9.59 Å². The maximum atomic E-state index is 11.5. The predicted molar refractivity (Wildman–Crippen MR) is 49.7 cm³/mol. The quantitative estimate of drug-likeness (QED) is 0.573. The molecular weight excluding hydrogens is 166 g/mol. The van der Waals surface area contributed by atoms with Gasteiger partial charge in [0, 0.05) is 16.8 Å². The first-order chi connectivity index (χ1) is 6.00. The highest BCUT2D eigenvalue weighted by molar-refractivity contribution is 6.19. The molecule has 2 amide bonds. The van der Waals surface area contributed by atoms with Crippen LogP contribution in [0, 0.1) is 0 Å². The molecule has 3 heteroatoms. The van der Waals surface area contributed by atoms with E-state index < -0.39 is 0 Å². The zero-order valence-corrected chi connectivity index (χ0v) is 8.34. The van der Waals surface area contributed by atoms with E-state index >= 15 is 0 Å². The molecule has 0 aromatic rings. The van der Waals surface area contributed by atoms with Crippen molar-refractivity contribution in [2.45, 2.75) is 27.7 Å². The molecule has 0 unspecified atom stereocenters. The van der Waals surface area contributed by atoms with Crippen LogP contribution in [0.5, 0.6) is 0 Å². The molecule has 0 bridgehead atoms. The summed E-state index contributed by atoms with van der Waals surface area (Å²) >= 11 is 0. The maximum Gasteiger partial charge on any atom is 0.261 e. The fraction of sp³-hybridized carbons (Fsp3) is 0.400. The number of rotatable bonds is 1. The van der Waals surface area contributed by atoms with Crippen LogP contribution in [0.2, 0.25) is 0 Å². The van der Waals surface area contributed by atoms with Crippen molar-refractivity contribution in [2.24, 2.45) is 0 Å². The molecule has 0 radical (unpaired) electrons. The molecule has 1 rings (SSSR count). The van der Waals surface area contributed by atoms with Crippen LogP contribution in [0.1, 0.15) is 27.7 Å². The Morgan fingerprint density at radius 3 is 1.85 bits per heavy atom. The predicted octanol–water partition coefficient (Wildman–Crippen LogP) is 1.62. The van der Waals surface area contributed by atoms with E-state index in [0.717, 1.165) is 0 Å². The van der Waals surface area contributed by atoms with Crippen LogP contribution in [-0.2, 0) is 9.59 Å². The summed E-state index contributed by atoms with van der Waals surface area (Å²) in [5.41, 5.74) is 1.78. The summed E-state index contributed by atoms with van der Waals surface area (Å²) in [6.45, 7) is 6.91. The summed E-state index contributed by atoms with van der Waals surface area (Å²) in [6, 6.07) is 0. The molecule has 1 heterocycles. The number of carbonyl (C=O) groups excluding carboxylic acids is 2. The second-order valence-electron chi connectivity index (χ2n) is 3.13. The molecule has 0 spiro atoms. The number of nitrogens with zero attached hydrogens (tertiary/aromatic N) is 1. The smallest absolute Gasteiger partial charge is 0.261 e. The molecule has 0 saturated heterocycles. The van der Waals surface area contributed by atoms with Crippen LogP contribution in [0.3, 0.4) is 0 Å². The standard InChI is InChI=1S/C10H13NO2/c1-5-6(2)11-9(12)7(3)8(4)10(11)13/h5H,1-4H3/b6-5+. The van der Waals surface area contributed by atoms with E-state index in [1.807, 2.05) is 0 Å². The third-order valence-corrected chi connectivity index (χ3v) is 2.38. The SMILES string of the molecule is C/C=C(\C)N1C(=O)C(C)=C(C)C1=O. The summed E-state index contributed by atoms with van der Waals surface area (Å²) in [7, 11) is 0. The third-order valence-electron chi connectivity index (χ3n) is 2.38. The maximum absolute atomic E-state index is 11.5. The summed E-state index contributed by atoms with van der Waals surface area (Å²) < 4.78 is 0. The molecule has 70 valence electrons. The van der Waals surface area contributed by atoms with E-state index in [9.17, 15) is 9.59 Å². The molecule has 1 aliphatic rings. The van der Waals surface area contributed by atoms with Crippen molar-refractivity contribution in [3.8, 4) is 0 Å². The average molecular weight is 179 g/mol. The number of carbonyl (C=O) groups is 2. The highest BCUT2D eigenvalue weighted by atomic mass is 16.2. The lowest BCUT2D eigenvalue weighted by Crippen LogP contribution is -2.29. The van der Waals surface area contributed by atoms with Gasteiger partial charge in [-0.3, -0.25) is 9.59 Å². The Hall–Kier alpha value is -1.38. The van der Waals surface area contributed by atoms with E-state index in [4.69, 9.17) is 0 Å². The summed E-state index contributed by atoms with van der Waals surface area (Å²) in [5, 5.41) is 0. The van der Waals surface area contributed by atoms with Gasteiger partial charge in [0.25, 0.3) is 11.8 Å². The Balaban J connectivity index is 3.11. The zero-order valence-electron chi connectivity index (χ0n) is 8.34. The van der Waals surface area contributed by atoms with Crippen LogP contribution in [0.25, 0.3) is 0 Å². The number of hydrogen-bond donors (Lipinski definition) is 0. The van der Waals surface area contributed by atoms with E-state index in [0.29, 0.717) is 16.8 Å². The largest absolute Gasteiger partial charge is 0.269 e. The fourth-order valence-corrected chi connectivity index (χ4v) is 1.20. The first-order valence-electron chi connectivity index (χ1n) is 4.20. The van der Waals surface area contributed by atoms with Crippen molar-refractivity contribution in [1.29, 1.82) is 0 Å². The molecule has 0 N–H and O–H groups in total. The van der Waals surface area contributed by atoms with Crippen molar-refractivity contribution in [1.82, 2.24) is 4.90 Å². The van der Waals surface area contributed by atoms with E-state index in [1.54, 1.807) is 33.8 Å². The van der Waals surface area contributed by atoms with Gasteiger partial charge in [0.05, 0.1) is 0 Å². The molecular formula is C10H13NO2. The lowest BCUT2D eigenvalue weighted by Gasteiger charge is -2.14. The minimum Gasteiger partial charge on any atom is -0.269 e. The highest BCUT2D eigenvalue weighted by Gasteiger charge is 2.33. The summed E-state index contributed by atoms with van der Waals surface area (Å²) in [4.78, 5) is 24.3. The zero-order chi connectivity index (χ0) is 10.2. The lowest BCUT2D eigenvalue weighted by atomic mass is 10.2. The average Bonchev–Trinajstić information content (AvgIpc) is 2.30. The van der Waals surface area contributed by atoms with Crippen LogP contribution in [0.4, 0.5) is 0 Å². The molecule has 1 aliphatic heterocycles. The summed E-state index contributed by atoms with van der Waals surface area (Å²) in [6.07, 6.45) is 1.75. The van der Waals surface area contributed by atoms with Gasteiger partial charge in [-0.2, -0.15) is 0 Å².